The molecule has 13 heteroatoms. The molecule has 1 atom stereocenters. The number of benzene rings is 3. The van der Waals surface area contributed by atoms with Crippen molar-refractivity contribution >= 4 is 92.2 Å². The van der Waals surface area contributed by atoms with Gasteiger partial charge in [0, 0.05) is 25.4 Å². The zero-order valence-electron chi connectivity index (χ0n) is 23.1. The van der Waals surface area contributed by atoms with Crippen LogP contribution in [-0.4, -0.2) is 36.4 Å². The van der Waals surface area contributed by atoms with Gasteiger partial charge in [-0.1, -0.05) is 41.9 Å². The number of ether oxygens (including phenoxy) is 3. The number of allylic oxidation sites excluding steroid dienone is 1. The van der Waals surface area contributed by atoms with Crippen LogP contribution in [0.4, 0.5) is 0 Å². The van der Waals surface area contributed by atoms with Crippen molar-refractivity contribution in [1.29, 1.82) is 0 Å². The van der Waals surface area contributed by atoms with E-state index in [0.29, 0.717) is 50.6 Å². The molecule has 224 valence electrons. The van der Waals surface area contributed by atoms with Gasteiger partial charge < -0.3 is 24.8 Å². The normalized spacial score (nSPS) is 14.6. The molecule has 0 bridgehead atoms. The number of hydrazone groups is 1. The number of carbonyl (C=O) groups is 2. The van der Waals surface area contributed by atoms with Crippen molar-refractivity contribution in [2.45, 2.75) is 26.5 Å². The number of hydrogen-bond donors (Lipinski definition) is 3. The summed E-state index contributed by atoms with van der Waals surface area (Å²) in [6, 6.07) is 17.8. The van der Waals surface area contributed by atoms with Crippen molar-refractivity contribution in [1.82, 2.24) is 16.1 Å². The third-order valence-corrected chi connectivity index (χ3v) is 7.98. The van der Waals surface area contributed by atoms with E-state index in [4.69, 9.17) is 38.0 Å². The molecular weight excluding hydrogens is 818 g/mol. The van der Waals surface area contributed by atoms with Gasteiger partial charge in [-0.3, -0.25) is 4.79 Å². The zero-order valence-corrected chi connectivity index (χ0v) is 29.0. The minimum atomic E-state index is -0.626. The third kappa shape index (κ3) is 9.03. The molecule has 3 aromatic carbocycles. The fourth-order valence-corrected chi connectivity index (χ4v) is 6.61. The Bertz CT molecular complexity index is 1580. The Kier molecular flexibility index (Phi) is 12.0. The molecule has 3 aromatic rings. The van der Waals surface area contributed by atoms with E-state index < -0.39 is 17.9 Å². The first-order valence-electron chi connectivity index (χ1n) is 13.0. The van der Waals surface area contributed by atoms with Crippen LogP contribution in [0.25, 0.3) is 0 Å². The van der Waals surface area contributed by atoms with Crippen molar-refractivity contribution in [2.75, 3.05) is 13.2 Å². The second-order valence-corrected chi connectivity index (χ2v) is 12.4. The van der Waals surface area contributed by atoms with E-state index in [2.05, 4.69) is 66.3 Å². The lowest BCUT2D eigenvalue weighted by molar-refractivity contribution is -0.139. The van der Waals surface area contributed by atoms with Crippen LogP contribution in [0, 0.1) is 7.14 Å². The van der Waals surface area contributed by atoms with Gasteiger partial charge in [0.2, 0.25) is 0 Å². The summed E-state index contributed by atoms with van der Waals surface area (Å²) in [6.07, 6.45) is 1.53. The van der Waals surface area contributed by atoms with Crippen molar-refractivity contribution in [2.24, 2.45) is 5.10 Å². The standard InChI is InChI=1S/C30H27ClI2N4O5S/c1-3-40-29(39)26-17(2)35-30(43)36-27(26)22-6-4-5-7-24(22)41-16-25(38)37-34-14-19-12-21(32)13-23(33)28(19)42-15-18-8-10-20(31)11-9-18/h4-14,27H,3,15-16H2,1-2H3,(H,37,38)(H2,35,36,43)/t27-/m1/s1. The number of halogens is 3. The van der Waals surface area contributed by atoms with Crippen LogP contribution < -0.4 is 25.5 Å². The van der Waals surface area contributed by atoms with E-state index in [1.165, 1.54) is 6.21 Å². The van der Waals surface area contributed by atoms with Gasteiger partial charge in [-0.2, -0.15) is 5.10 Å². The first kappa shape index (κ1) is 33.0. The molecule has 1 aliphatic heterocycles. The molecule has 0 aromatic heterocycles. The summed E-state index contributed by atoms with van der Waals surface area (Å²) in [7, 11) is 0. The average molecular weight is 845 g/mol. The Balaban J connectivity index is 1.43. The summed E-state index contributed by atoms with van der Waals surface area (Å²) in [6.45, 7) is 3.75. The lowest BCUT2D eigenvalue weighted by atomic mass is 9.95. The molecule has 43 heavy (non-hydrogen) atoms. The number of nitrogens with one attached hydrogen (secondary N) is 3. The predicted octanol–water partition coefficient (Wildman–Crippen LogP) is 6.01. The zero-order chi connectivity index (χ0) is 30.9. The highest BCUT2D eigenvalue weighted by Crippen LogP contribution is 2.34. The number of carbonyl (C=O) groups excluding carboxylic acids is 2. The molecule has 0 saturated carbocycles. The number of para-hydroxylation sites is 1. The lowest BCUT2D eigenvalue weighted by Gasteiger charge is -2.30. The summed E-state index contributed by atoms with van der Waals surface area (Å²) in [4.78, 5) is 25.5. The van der Waals surface area contributed by atoms with Gasteiger partial charge in [-0.15, -0.1) is 0 Å². The lowest BCUT2D eigenvalue weighted by Crippen LogP contribution is -2.45. The van der Waals surface area contributed by atoms with E-state index in [1.54, 1.807) is 32.0 Å². The topological polar surface area (TPSA) is 110 Å². The monoisotopic (exact) mass is 844 g/mol. The van der Waals surface area contributed by atoms with E-state index in [1.807, 2.05) is 42.5 Å². The first-order chi connectivity index (χ1) is 20.7. The Morgan fingerprint density at radius 2 is 1.86 bits per heavy atom. The molecule has 0 saturated heterocycles. The van der Waals surface area contributed by atoms with Crippen molar-refractivity contribution in [3.63, 3.8) is 0 Å². The highest BCUT2D eigenvalue weighted by molar-refractivity contribution is 14.1. The summed E-state index contributed by atoms with van der Waals surface area (Å²) in [5.41, 5.74) is 5.76. The minimum Gasteiger partial charge on any atom is -0.487 e. The summed E-state index contributed by atoms with van der Waals surface area (Å²) >= 11 is 15.7. The highest BCUT2D eigenvalue weighted by Gasteiger charge is 2.32. The van der Waals surface area contributed by atoms with Gasteiger partial charge in [-0.25, -0.2) is 10.2 Å². The molecule has 1 heterocycles. The summed E-state index contributed by atoms with van der Waals surface area (Å²) < 4.78 is 19.1. The largest absolute Gasteiger partial charge is 0.487 e. The van der Waals surface area contributed by atoms with E-state index in [-0.39, 0.29) is 13.2 Å². The molecule has 9 nitrogen and oxygen atoms in total. The number of hydrogen-bond acceptors (Lipinski definition) is 7. The van der Waals surface area contributed by atoms with Crippen LogP contribution in [0.3, 0.4) is 0 Å². The van der Waals surface area contributed by atoms with Gasteiger partial charge >= 0.3 is 5.97 Å². The fraction of sp³-hybridized carbons (Fsp3) is 0.200. The van der Waals surface area contributed by atoms with Gasteiger partial charge in [0.05, 0.1) is 28.0 Å². The highest BCUT2D eigenvalue weighted by atomic mass is 127. The maximum absolute atomic E-state index is 12.8. The molecular formula is C30H27ClI2N4O5S. The molecule has 1 aliphatic rings. The van der Waals surface area contributed by atoms with E-state index in [9.17, 15) is 9.59 Å². The first-order valence-corrected chi connectivity index (χ1v) is 16.0. The molecule has 0 fully saturated rings. The van der Waals surface area contributed by atoms with Crippen LogP contribution >= 0.6 is 69.0 Å². The fourth-order valence-electron chi connectivity index (χ4n) is 4.17. The number of thiocarbonyl (C=S) groups is 1. The Hall–Kier alpha value is -2.95. The number of rotatable bonds is 11. The Labute approximate surface area is 287 Å². The predicted molar refractivity (Wildman–Crippen MR) is 186 cm³/mol. The Morgan fingerprint density at radius 1 is 1.12 bits per heavy atom. The maximum Gasteiger partial charge on any atom is 0.338 e. The van der Waals surface area contributed by atoms with Gasteiger partial charge in [0.15, 0.2) is 11.7 Å². The number of esters is 1. The molecule has 1 amide bonds. The maximum atomic E-state index is 12.8. The molecule has 0 unspecified atom stereocenters. The Morgan fingerprint density at radius 3 is 2.60 bits per heavy atom. The van der Waals surface area contributed by atoms with Crippen molar-refractivity contribution in [3.8, 4) is 11.5 Å². The van der Waals surface area contributed by atoms with Crippen molar-refractivity contribution < 1.29 is 23.8 Å². The molecule has 4 rings (SSSR count). The van der Waals surface area contributed by atoms with Gasteiger partial charge in [0.25, 0.3) is 5.91 Å². The third-order valence-electron chi connectivity index (χ3n) is 6.08. The second kappa shape index (κ2) is 15.7. The van der Waals surface area contributed by atoms with Gasteiger partial charge in [-0.05, 0) is 107 Å². The summed E-state index contributed by atoms with van der Waals surface area (Å²) in [5, 5.41) is 11.2. The van der Waals surface area contributed by atoms with E-state index >= 15 is 0 Å². The van der Waals surface area contributed by atoms with Crippen LogP contribution in [0.15, 0.2) is 77.0 Å². The van der Waals surface area contributed by atoms with Gasteiger partial charge in [0.1, 0.15) is 18.1 Å². The number of nitrogens with zero attached hydrogens (tertiary/aromatic N) is 1. The SMILES string of the molecule is CCOC(=O)C1=C(C)NC(=S)N[C@@H]1c1ccccc1OCC(=O)NN=Cc1cc(I)cc(I)c1OCc1ccc(Cl)cc1. The van der Waals surface area contributed by atoms with Crippen molar-refractivity contribution in [3.05, 3.63) is 101 Å². The van der Waals surface area contributed by atoms with Crippen LogP contribution in [0.5, 0.6) is 11.5 Å². The quantitative estimate of drug-likeness (QED) is 0.0709. The molecule has 0 radical (unpaired) electrons. The molecule has 0 aliphatic carbocycles. The minimum absolute atomic E-state index is 0.225. The molecule has 3 N–H and O–H groups in total. The second-order valence-electron chi connectivity index (χ2n) is 9.13. The van der Waals surface area contributed by atoms with Crippen LogP contribution in [-0.2, 0) is 20.9 Å². The van der Waals surface area contributed by atoms with E-state index in [0.717, 1.165) is 12.7 Å². The van der Waals surface area contributed by atoms with Crippen LogP contribution in [0.2, 0.25) is 5.02 Å². The smallest absolute Gasteiger partial charge is 0.338 e. The van der Waals surface area contributed by atoms with Crippen LogP contribution in [0.1, 0.15) is 36.6 Å². The summed E-state index contributed by atoms with van der Waals surface area (Å²) in [5.74, 6) is 0.105. The average Bonchev–Trinajstić information content (AvgIpc) is 2.96. The molecule has 0 spiro atoms. The number of amides is 1.